The molecule has 1 aliphatic rings. The summed E-state index contributed by atoms with van der Waals surface area (Å²) in [5.41, 5.74) is 3.76. The zero-order valence-electron chi connectivity index (χ0n) is 14.7. The van der Waals surface area contributed by atoms with Gasteiger partial charge < -0.3 is 14.6 Å². The molecule has 134 valence electrons. The third-order valence-corrected chi connectivity index (χ3v) is 4.39. The van der Waals surface area contributed by atoms with Gasteiger partial charge in [0.1, 0.15) is 6.10 Å². The minimum atomic E-state index is -0.0286. The SMILES string of the molecule is Cc1cc(-c2cnc(NCCc3ccncc3)nc2[C@@H]2CCCO2)on1. The number of nitrogens with zero attached hydrogens (tertiary/aromatic N) is 4. The molecule has 0 unspecified atom stereocenters. The lowest BCUT2D eigenvalue weighted by atomic mass is 10.1. The summed E-state index contributed by atoms with van der Waals surface area (Å²) >= 11 is 0. The van der Waals surface area contributed by atoms with Gasteiger partial charge in [0, 0.05) is 37.8 Å². The largest absolute Gasteiger partial charge is 0.372 e. The fourth-order valence-corrected chi connectivity index (χ4v) is 3.07. The van der Waals surface area contributed by atoms with E-state index in [9.17, 15) is 0 Å². The number of hydrogen-bond acceptors (Lipinski definition) is 7. The summed E-state index contributed by atoms with van der Waals surface area (Å²) in [7, 11) is 0. The number of aromatic nitrogens is 4. The highest BCUT2D eigenvalue weighted by molar-refractivity contribution is 5.61. The van der Waals surface area contributed by atoms with Crippen molar-refractivity contribution in [3.8, 4) is 11.3 Å². The molecule has 0 aliphatic carbocycles. The molecule has 0 amide bonds. The van der Waals surface area contributed by atoms with Gasteiger partial charge in [0.25, 0.3) is 0 Å². The van der Waals surface area contributed by atoms with Crippen molar-refractivity contribution in [1.29, 1.82) is 0 Å². The molecule has 1 aliphatic heterocycles. The Morgan fingerprint density at radius 3 is 2.88 bits per heavy atom. The Hall–Kier alpha value is -2.80. The molecule has 3 aromatic heterocycles. The molecule has 0 bridgehead atoms. The number of pyridine rings is 1. The molecule has 1 fully saturated rings. The molecule has 1 saturated heterocycles. The van der Waals surface area contributed by atoms with Crippen LogP contribution in [0.5, 0.6) is 0 Å². The highest BCUT2D eigenvalue weighted by atomic mass is 16.5. The number of ether oxygens (including phenoxy) is 1. The predicted octanol–water partition coefficient (Wildman–Crippen LogP) is 3.34. The van der Waals surface area contributed by atoms with Crippen LogP contribution in [0.1, 0.15) is 35.9 Å². The van der Waals surface area contributed by atoms with Crippen molar-refractivity contribution >= 4 is 5.95 Å². The summed E-state index contributed by atoms with van der Waals surface area (Å²) in [5, 5.41) is 7.27. The first-order chi connectivity index (χ1) is 12.8. The van der Waals surface area contributed by atoms with Crippen LogP contribution < -0.4 is 5.32 Å². The van der Waals surface area contributed by atoms with Gasteiger partial charge in [0.2, 0.25) is 5.95 Å². The predicted molar refractivity (Wildman–Crippen MR) is 96.6 cm³/mol. The molecule has 0 aromatic carbocycles. The first-order valence-electron chi connectivity index (χ1n) is 8.84. The van der Waals surface area contributed by atoms with Crippen LogP contribution in [0.15, 0.2) is 41.3 Å². The normalized spacial score (nSPS) is 16.7. The Kier molecular flexibility index (Phi) is 4.88. The lowest BCUT2D eigenvalue weighted by molar-refractivity contribution is 0.109. The number of aryl methyl sites for hydroxylation is 1. The van der Waals surface area contributed by atoms with E-state index in [0.29, 0.717) is 11.7 Å². The van der Waals surface area contributed by atoms with E-state index >= 15 is 0 Å². The van der Waals surface area contributed by atoms with E-state index in [1.807, 2.05) is 25.1 Å². The van der Waals surface area contributed by atoms with Crippen LogP contribution in [0, 0.1) is 6.92 Å². The van der Waals surface area contributed by atoms with Gasteiger partial charge in [-0.05, 0) is 43.9 Å². The van der Waals surface area contributed by atoms with E-state index in [-0.39, 0.29) is 6.10 Å². The topological polar surface area (TPSA) is 86.0 Å². The van der Waals surface area contributed by atoms with Crippen LogP contribution in [0.2, 0.25) is 0 Å². The number of nitrogens with one attached hydrogen (secondary N) is 1. The first-order valence-corrected chi connectivity index (χ1v) is 8.84. The minimum absolute atomic E-state index is 0.0286. The fraction of sp³-hybridized carbons (Fsp3) is 0.368. The van der Waals surface area contributed by atoms with Crippen LogP contribution in [0.3, 0.4) is 0 Å². The summed E-state index contributed by atoms with van der Waals surface area (Å²) in [4.78, 5) is 13.2. The lowest BCUT2D eigenvalue weighted by Gasteiger charge is -2.14. The summed E-state index contributed by atoms with van der Waals surface area (Å²) < 4.78 is 11.3. The Labute approximate surface area is 151 Å². The summed E-state index contributed by atoms with van der Waals surface area (Å²) in [6.45, 7) is 3.40. The van der Waals surface area contributed by atoms with Crippen LogP contribution in [0.4, 0.5) is 5.95 Å². The maximum atomic E-state index is 5.85. The minimum Gasteiger partial charge on any atom is -0.372 e. The molecule has 4 heterocycles. The van der Waals surface area contributed by atoms with Gasteiger partial charge in [-0.3, -0.25) is 4.98 Å². The van der Waals surface area contributed by atoms with Gasteiger partial charge in [-0.1, -0.05) is 5.16 Å². The van der Waals surface area contributed by atoms with E-state index in [1.54, 1.807) is 18.6 Å². The smallest absolute Gasteiger partial charge is 0.222 e. The Balaban J connectivity index is 1.53. The zero-order chi connectivity index (χ0) is 17.8. The van der Waals surface area contributed by atoms with E-state index < -0.39 is 0 Å². The fourth-order valence-electron chi connectivity index (χ4n) is 3.07. The summed E-state index contributed by atoms with van der Waals surface area (Å²) in [6, 6.07) is 5.92. The van der Waals surface area contributed by atoms with Crippen LogP contribution in [-0.4, -0.2) is 33.3 Å². The van der Waals surface area contributed by atoms with Crippen LogP contribution >= 0.6 is 0 Å². The van der Waals surface area contributed by atoms with Gasteiger partial charge in [-0.25, -0.2) is 9.97 Å². The van der Waals surface area contributed by atoms with Crippen molar-refractivity contribution in [3.05, 3.63) is 53.7 Å². The van der Waals surface area contributed by atoms with E-state index in [4.69, 9.17) is 14.2 Å². The van der Waals surface area contributed by atoms with Crippen molar-refractivity contribution < 1.29 is 9.26 Å². The highest BCUT2D eigenvalue weighted by Gasteiger charge is 2.25. The Bertz CT molecular complexity index is 859. The zero-order valence-corrected chi connectivity index (χ0v) is 14.7. The maximum absolute atomic E-state index is 5.85. The van der Waals surface area contributed by atoms with Gasteiger partial charge in [0.15, 0.2) is 5.76 Å². The Morgan fingerprint density at radius 2 is 2.15 bits per heavy atom. The number of hydrogen-bond donors (Lipinski definition) is 1. The molecule has 1 N–H and O–H groups in total. The molecule has 26 heavy (non-hydrogen) atoms. The third kappa shape index (κ3) is 3.72. The molecule has 3 aromatic rings. The lowest BCUT2D eigenvalue weighted by Crippen LogP contribution is -2.11. The van der Waals surface area contributed by atoms with Gasteiger partial charge in [-0.15, -0.1) is 0 Å². The molecular weight excluding hydrogens is 330 g/mol. The van der Waals surface area contributed by atoms with Crippen molar-refractivity contribution in [2.24, 2.45) is 0 Å². The van der Waals surface area contributed by atoms with E-state index in [2.05, 4.69) is 20.4 Å². The quantitative estimate of drug-likeness (QED) is 0.729. The first kappa shape index (κ1) is 16.7. The second-order valence-corrected chi connectivity index (χ2v) is 6.36. The number of rotatable bonds is 6. The van der Waals surface area contributed by atoms with E-state index in [1.165, 1.54) is 5.56 Å². The van der Waals surface area contributed by atoms with E-state index in [0.717, 1.165) is 49.4 Å². The van der Waals surface area contributed by atoms with Gasteiger partial charge in [-0.2, -0.15) is 0 Å². The monoisotopic (exact) mass is 351 g/mol. The molecule has 1 atom stereocenters. The maximum Gasteiger partial charge on any atom is 0.222 e. The molecule has 0 saturated carbocycles. The van der Waals surface area contributed by atoms with Crippen molar-refractivity contribution in [2.75, 3.05) is 18.5 Å². The Morgan fingerprint density at radius 1 is 1.27 bits per heavy atom. The van der Waals surface area contributed by atoms with Crippen molar-refractivity contribution in [1.82, 2.24) is 20.1 Å². The van der Waals surface area contributed by atoms with Crippen LogP contribution in [0.25, 0.3) is 11.3 Å². The molecular formula is C19H21N5O2. The average Bonchev–Trinajstić information content (AvgIpc) is 3.34. The summed E-state index contributed by atoms with van der Waals surface area (Å²) in [6.07, 6.45) is 8.23. The second-order valence-electron chi connectivity index (χ2n) is 6.36. The third-order valence-electron chi connectivity index (χ3n) is 4.39. The molecule has 7 heteroatoms. The number of anilines is 1. The standard InChI is InChI=1S/C19H21N5O2/c1-13-11-17(26-24-13)15-12-22-19(23-18(15)16-3-2-10-25-16)21-9-6-14-4-7-20-8-5-14/h4-5,7-8,11-12,16H,2-3,6,9-10H2,1H3,(H,21,22,23)/t16-/m0/s1. The molecule has 0 radical (unpaired) electrons. The summed E-state index contributed by atoms with van der Waals surface area (Å²) in [5.74, 6) is 1.28. The van der Waals surface area contributed by atoms with Crippen LogP contribution in [-0.2, 0) is 11.2 Å². The van der Waals surface area contributed by atoms with Gasteiger partial charge >= 0.3 is 0 Å². The average molecular weight is 351 g/mol. The molecule has 7 nitrogen and oxygen atoms in total. The molecule has 4 rings (SSSR count). The second kappa shape index (κ2) is 7.61. The molecule has 0 spiro atoms. The highest BCUT2D eigenvalue weighted by Crippen LogP contribution is 2.34. The van der Waals surface area contributed by atoms with Crippen molar-refractivity contribution in [3.63, 3.8) is 0 Å². The van der Waals surface area contributed by atoms with Crippen molar-refractivity contribution in [2.45, 2.75) is 32.3 Å². The van der Waals surface area contributed by atoms with Gasteiger partial charge in [0.05, 0.1) is 17.0 Å².